The molecule has 1 saturated heterocycles. The molecule has 0 radical (unpaired) electrons. The predicted octanol–water partition coefficient (Wildman–Crippen LogP) is 3.59. The molecule has 1 amide bonds. The van der Waals surface area contributed by atoms with Gasteiger partial charge in [0.2, 0.25) is 15.9 Å². The van der Waals surface area contributed by atoms with Crippen LogP contribution in [0.15, 0.2) is 47.4 Å². The molecule has 0 aromatic heterocycles. The molecule has 1 N–H and O–H groups in total. The van der Waals surface area contributed by atoms with Crippen LogP contribution in [-0.2, 0) is 21.2 Å². The number of para-hydroxylation sites is 1. The topological polar surface area (TPSA) is 69.7 Å². The Morgan fingerprint density at radius 3 is 2.13 bits per heavy atom. The number of carbonyl (C=O) groups is 1. The molecule has 1 fully saturated rings. The molecule has 1 heterocycles. The maximum Gasteiger partial charge on any atom is 0.243 e. The highest BCUT2D eigenvalue weighted by Gasteiger charge is 2.32. The van der Waals surface area contributed by atoms with Crippen molar-refractivity contribution in [1.29, 1.82) is 0 Å². The summed E-state index contributed by atoms with van der Waals surface area (Å²) in [6, 6.07) is 12.8. The van der Waals surface area contributed by atoms with Gasteiger partial charge in [0.05, 0.1) is 10.9 Å². The van der Waals surface area contributed by atoms with Crippen LogP contribution in [0, 0.1) is 13.8 Å². The Labute approximate surface area is 186 Å². The van der Waals surface area contributed by atoms with Gasteiger partial charge in [-0.1, -0.05) is 43.7 Å². The fourth-order valence-corrected chi connectivity index (χ4v) is 5.42. The zero-order valence-corrected chi connectivity index (χ0v) is 19.7. The number of nitrogens with one attached hydrogen (secondary N) is 1. The van der Waals surface area contributed by atoms with Gasteiger partial charge in [0.25, 0.3) is 0 Å². The van der Waals surface area contributed by atoms with Gasteiger partial charge in [0.1, 0.15) is 0 Å². The van der Waals surface area contributed by atoms with Crippen molar-refractivity contribution in [3.8, 4) is 0 Å². The molecule has 0 bridgehead atoms. The van der Waals surface area contributed by atoms with E-state index < -0.39 is 10.0 Å². The van der Waals surface area contributed by atoms with E-state index in [2.05, 4.69) is 12.2 Å². The first-order valence-electron chi connectivity index (χ1n) is 10.9. The van der Waals surface area contributed by atoms with Gasteiger partial charge >= 0.3 is 0 Å². The van der Waals surface area contributed by atoms with E-state index in [1.165, 1.54) is 4.31 Å². The third-order valence-electron chi connectivity index (χ3n) is 6.03. The van der Waals surface area contributed by atoms with Crippen molar-refractivity contribution in [3.05, 3.63) is 59.2 Å². The summed E-state index contributed by atoms with van der Waals surface area (Å²) in [5.41, 5.74) is 4.06. The van der Waals surface area contributed by atoms with Crippen LogP contribution in [0.3, 0.4) is 0 Å². The number of sulfonamides is 1. The fourth-order valence-electron chi connectivity index (χ4n) is 4.00. The number of anilines is 1. The maximum absolute atomic E-state index is 13.0. The number of benzene rings is 2. The van der Waals surface area contributed by atoms with E-state index in [1.54, 1.807) is 12.1 Å². The molecular formula is C24H33N3O3S. The van der Waals surface area contributed by atoms with E-state index >= 15 is 0 Å². The van der Waals surface area contributed by atoms with E-state index in [1.807, 2.05) is 56.0 Å². The molecule has 0 saturated carbocycles. The molecule has 1 aliphatic rings. The van der Waals surface area contributed by atoms with Gasteiger partial charge in [-0.2, -0.15) is 4.31 Å². The molecule has 7 heteroatoms. The summed E-state index contributed by atoms with van der Waals surface area (Å²) in [4.78, 5) is 15.2. The van der Waals surface area contributed by atoms with E-state index in [4.69, 9.17) is 0 Å². The average molecular weight is 444 g/mol. The number of carbonyl (C=O) groups excluding carboxylic acids is 1. The Kier molecular flexibility index (Phi) is 7.51. The predicted molar refractivity (Wildman–Crippen MR) is 125 cm³/mol. The Balaban J connectivity index is 1.61. The third kappa shape index (κ3) is 5.34. The second-order valence-corrected chi connectivity index (χ2v) is 10.2. The largest absolute Gasteiger partial charge is 0.324 e. The summed E-state index contributed by atoms with van der Waals surface area (Å²) in [7, 11) is -3.52. The maximum atomic E-state index is 13.0. The van der Waals surface area contributed by atoms with Crippen molar-refractivity contribution in [1.82, 2.24) is 9.21 Å². The first-order valence-corrected chi connectivity index (χ1v) is 12.4. The van der Waals surface area contributed by atoms with E-state index in [9.17, 15) is 13.2 Å². The first kappa shape index (κ1) is 23.4. The van der Waals surface area contributed by atoms with Crippen LogP contribution in [0.5, 0.6) is 0 Å². The molecular weight excluding hydrogens is 410 g/mol. The highest BCUT2D eigenvalue weighted by molar-refractivity contribution is 7.89. The number of amides is 1. The molecule has 2 aromatic rings. The monoisotopic (exact) mass is 443 g/mol. The van der Waals surface area contributed by atoms with Gasteiger partial charge in [0.15, 0.2) is 0 Å². The van der Waals surface area contributed by atoms with E-state index in [0.717, 1.165) is 35.2 Å². The van der Waals surface area contributed by atoms with Crippen LogP contribution in [0.2, 0.25) is 0 Å². The number of hydrogen-bond acceptors (Lipinski definition) is 4. The Hall–Kier alpha value is -2.22. The van der Waals surface area contributed by atoms with Crippen molar-refractivity contribution in [2.75, 3.05) is 31.5 Å². The molecule has 31 heavy (non-hydrogen) atoms. The minimum Gasteiger partial charge on any atom is -0.324 e. The Bertz CT molecular complexity index is 991. The summed E-state index contributed by atoms with van der Waals surface area (Å²) in [6.45, 7) is 9.73. The van der Waals surface area contributed by atoms with Crippen molar-refractivity contribution in [2.45, 2.75) is 51.5 Å². The van der Waals surface area contributed by atoms with Crippen molar-refractivity contribution in [2.24, 2.45) is 0 Å². The summed E-state index contributed by atoms with van der Waals surface area (Å²) in [5, 5.41) is 3.05. The molecule has 1 atom stereocenters. The molecule has 0 spiro atoms. The molecule has 1 aliphatic heterocycles. The highest BCUT2D eigenvalue weighted by atomic mass is 32.2. The van der Waals surface area contributed by atoms with Crippen LogP contribution < -0.4 is 5.32 Å². The number of aryl methyl sites for hydroxylation is 3. The lowest BCUT2D eigenvalue weighted by atomic mass is 10.1. The van der Waals surface area contributed by atoms with Crippen LogP contribution >= 0.6 is 0 Å². The van der Waals surface area contributed by atoms with Crippen molar-refractivity contribution >= 4 is 21.6 Å². The van der Waals surface area contributed by atoms with E-state index in [0.29, 0.717) is 31.1 Å². The van der Waals surface area contributed by atoms with Gasteiger partial charge in [-0.3, -0.25) is 9.69 Å². The van der Waals surface area contributed by atoms with Gasteiger partial charge < -0.3 is 5.32 Å². The average Bonchev–Trinajstić information content (AvgIpc) is 2.76. The fraction of sp³-hybridized carbons (Fsp3) is 0.458. The molecule has 2 aromatic carbocycles. The number of nitrogens with zero attached hydrogens (tertiary/aromatic N) is 2. The summed E-state index contributed by atoms with van der Waals surface area (Å²) >= 11 is 0. The minimum atomic E-state index is -3.52. The minimum absolute atomic E-state index is 0.0692. The number of hydrogen-bond donors (Lipinski definition) is 1. The van der Waals surface area contributed by atoms with Gasteiger partial charge in [-0.05, 0) is 56.0 Å². The van der Waals surface area contributed by atoms with Gasteiger partial charge in [-0.25, -0.2) is 8.42 Å². The first-order chi connectivity index (χ1) is 14.7. The van der Waals surface area contributed by atoms with Crippen LogP contribution in [0.1, 0.15) is 37.0 Å². The molecule has 168 valence electrons. The van der Waals surface area contributed by atoms with Gasteiger partial charge in [0, 0.05) is 31.9 Å². The third-order valence-corrected chi connectivity index (χ3v) is 7.94. The second-order valence-electron chi connectivity index (χ2n) is 8.27. The Morgan fingerprint density at radius 2 is 1.58 bits per heavy atom. The molecule has 3 rings (SSSR count). The van der Waals surface area contributed by atoms with E-state index in [-0.39, 0.29) is 11.9 Å². The molecule has 6 nitrogen and oxygen atoms in total. The lowest BCUT2D eigenvalue weighted by Crippen LogP contribution is -2.53. The van der Waals surface area contributed by atoms with Gasteiger partial charge in [-0.15, -0.1) is 0 Å². The number of rotatable bonds is 7. The van der Waals surface area contributed by atoms with Crippen LogP contribution in [-0.4, -0.2) is 55.8 Å². The van der Waals surface area contributed by atoms with Crippen molar-refractivity contribution < 1.29 is 13.2 Å². The second kappa shape index (κ2) is 9.94. The summed E-state index contributed by atoms with van der Waals surface area (Å²) in [5.74, 6) is -0.0692. The Morgan fingerprint density at radius 1 is 1.00 bits per heavy atom. The normalized spacial score (nSPS) is 16.8. The molecule has 0 aliphatic carbocycles. The zero-order chi connectivity index (χ0) is 22.6. The molecule has 1 unspecified atom stereocenters. The van der Waals surface area contributed by atoms with Crippen LogP contribution in [0.4, 0.5) is 5.69 Å². The zero-order valence-electron chi connectivity index (χ0n) is 18.9. The lowest BCUT2D eigenvalue weighted by Gasteiger charge is -2.36. The highest BCUT2D eigenvalue weighted by Crippen LogP contribution is 2.22. The standard InChI is InChI=1S/C24H33N3O3S/c1-5-7-21-10-12-22(13-11-21)31(29,30)27-16-14-26(15-17-27)20(4)24(28)25-23-18(2)8-6-9-19(23)3/h6,8-13,20H,5,7,14-17H2,1-4H3,(H,25,28). The van der Waals surface area contributed by atoms with Crippen LogP contribution in [0.25, 0.3) is 0 Å². The number of piperazine rings is 1. The summed E-state index contributed by atoms with van der Waals surface area (Å²) < 4.78 is 27.5. The lowest BCUT2D eigenvalue weighted by molar-refractivity contribution is -0.121. The summed E-state index contributed by atoms with van der Waals surface area (Å²) in [6.07, 6.45) is 1.98. The van der Waals surface area contributed by atoms with Crippen molar-refractivity contribution in [3.63, 3.8) is 0 Å². The quantitative estimate of drug-likeness (QED) is 0.710. The SMILES string of the molecule is CCCc1ccc(S(=O)(=O)N2CCN(C(C)C(=O)Nc3c(C)cccc3C)CC2)cc1. The smallest absolute Gasteiger partial charge is 0.243 e.